The molecule has 2 aromatic heterocycles. The van der Waals surface area contributed by atoms with Crippen molar-refractivity contribution in [3.05, 3.63) is 35.6 Å². The molecule has 1 aliphatic carbocycles. The zero-order valence-corrected chi connectivity index (χ0v) is 19.3. The summed E-state index contributed by atoms with van der Waals surface area (Å²) in [6.07, 6.45) is 4.22. The summed E-state index contributed by atoms with van der Waals surface area (Å²) in [6, 6.07) is 7.89. The van der Waals surface area contributed by atoms with E-state index in [4.69, 9.17) is 21.4 Å². The lowest BCUT2D eigenvalue weighted by molar-refractivity contribution is -0.146. The molecular weight excluding hydrogens is 446 g/mol. The Bertz CT molecular complexity index is 1000. The summed E-state index contributed by atoms with van der Waals surface area (Å²) in [7, 11) is 1.44. The average molecular weight is 474 g/mol. The van der Waals surface area contributed by atoms with Gasteiger partial charge in [0, 0.05) is 49.7 Å². The van der Waals surface area contributed by atoms with Crippen molar-refractivity contribution >= 4 is 35.2 Å². The number of piperazine rings is 1. The largest absolute Gasteiger partial charge is 0.469 e. The fourth-order valence-corrected chi connectivity index (χ4v) is 4.69. The van der Waals surface area contributed by atoms with Crippen LogP contribution in [0.5, 0.6) is 0 Å². The standard InChI is InChI=1S/C23H28ClN5O4/c1-33-22(30)15-2-4-17(5-3-15)26-18-13-19(27-20(24)14-18)16-6-7-25-21(12-16)28-8-10-29(11-9-28)23(31)32/h6-7,12-15,17H,2-5,8-11H2,1H3,(H,26,27)(H,31,32). The molecule has 0 bridgehead atoms. The summed E-state index contributed by atoms with van der Waals surface area (Å²) >= 11 is 6.34. The molecule has 1 saturated heterocycles. The zero-order chi connectivity index (χ0) is 23.4. The van der Waals surface area contributed by atoms with Crippen LogP contribution in [0.3, 0.4) is 0 Å². The van der Waals surface area contributed by atoms with Gasteiger partial charge in [0.25, 0.3) is 0 Å². The Labute approximate surface area is 197 Å². The Morgan fingerprint density at radius 1 is 1.12 bits per heavy atom. The van der Waals surface area contributed by atoms with Gasteiger partial charge in [-0.1, -0.05) is 11.6 Å². The molecule has 2 N–H and O–H groups in total. The molecule has 176 valence electrons. The van der Waals surface area contributed by atoms with Crippen molar-refractivity contribution < 1.29 is 19.4 Å². The maximum Gasteiger partial charge on any atom is 0.407 e. The lowest BCUT2D eigenvalue weighted by atomic mass is 9.86. The van der Waals surface area contributed by atoms with E-state index >= 15 is 0 Å². The first-order chi connectivity index (χ1) is 15.9. The van der Waals surface area contributed by atoms with Gasteiger partial charge in [-0.25, -0.2) is 14.8 Å². The minimum absolute atomic E-state index is 0.0164. The maximum absolute atomic E-state index is 11.8. The van der Waals surface area contributed by atoms with Crippen LogP contribution in [-0.2, 0) is 9.53 Å². The number of esters is 1. The van der Waals surface area contributed by atoms with Gasteiger partial charge in [0.15, 0.2) is 0 Å². The number of carboxylic acid groups (broad SMARTS) is 1. The van der Waals surface area contributed by atoms with Crippen molar-refractivity contribution in [2.75, 3.05) is 43.5 Å². The van der Waals surface area contributed by atoms with Gasteiger partial charge in [-0.15, -0.1) is 0 Å². The second-order valence-electron chi connectivity index (χ2n) is 8.44. The number of carbonyl (C=O) groups is 2. The van der Waals surface area contributed by atoms with E-state index in [0.29, 0.717) is 31.3 Å². The molecule has 0 aromatic carbocycles. The summed E-state index contributed by atoms with van der Waals surface area (Å²) in [4.78, 5) is 35.4. The minimum atomic E-state index is -0.890. The summed E-state index contributed by atoms with van der Waals surface area (Å²) in [5.74, 6) is 0.646. The minimum Gasteiger partial charge on any atom is -0.469 e. The molecule has 1 aliphatic heterocycles. The van der Waals surface area contributed by atoms with E-state index in [9.17, 15) is 9.59 Å². The predicted molar refractivity (Wildman–Crippen MR) is 126 cm³/mol. The molecule has 2 fully saturated rings. The molecule has 0 atom stereocenters. The van der Waals surface area contributed by atoms with Gasteiger partial charge < -0.3 is 25.0 Å². The fourth-order valence-electron chi connectivity index (χ4n) is 4.48. The summed E-state index contributed by atoms with van der Waals surface area (Å²) in [6.45, 7) is 2.07. The molecule has 3 heterocycles. The molecule has 0 radical (unpaired) electrons. The van der Waals surface area contributed by atoms with Crippen LogP contribution >= 0.6 is 11.6 Å². The number of hydrogen-bond donors (Lipinski definition) is 2. The van der Waals surface area contributed by atoms with Crippen LogP contribution in [0.25, 0.3) is 11.3 Å². The molecule has 9 nitrogen and oxygen atoms in total. The number of amides is 1. The highest BCUT2D eigenvalue weighted by atomic mass is 35.5. The van der Waals surface area contributed by atoms with Gasteiger partial charge in [-0.3, -0.25) is 4.79 Å². The molecule has 2 aliphatic rings. The van der Waals surface area contributed by atoms with E-state index < -0.39 is 6.09 Å². The second-order valence-corrected chi connectivity index (χ2v) is 8.83. The van der Waals surface area contributed by atoms with Crippen molar-refractivity contribution in [1.29, 1.82) is 0 Å². The van der Waals surface area contributed by atoms with Crippen molar-refractivity contribution in [3.8, 4) is 11.3 Å². The molecule has 0 unspecified atom stereocenters. The highest BCUT2D eigenvalue weighted by Gasteiger charge is 2.27. The molecule has 4 rings (SSSR count). The molecule has 0 spiro atoms. The molecule has 1 amide bonds. The molecular formula is C23H28ClN5O4. The van der Waals surface area contributed by atoms with Crippen molar-refractivity contribution in [2.24, 2.45) is 5.92 Å². The van der Waals surface area contributed by atoms with E-state index in [1.54, 1.807) is 6.20 Å². The molecule has 10 heteroatoms. The summed E-state index contributed by atoms with van der Waals surface area (Å²) < 4.78 is 4.87. The fraction of sp³-hybridized carbons (Fsp3) is 0.478. The van der Waals surface area contributed by atoms with Crippen LogP contribution in [0.4, 0.5) is 16.3 Å². The quantitative estimate of drug-likeness (QED) is 0.499. The number of nitrogens with zero attached hydrogens (tertiary/aromatic N) is 4. The number of methoxy groups -OCH3 is 1. The van der Waals surface area contributed by atoms with Gasteiger partial charge in [0.1, 0.15) is 11.0 Å². The van der Waals surface area contributed by atoms with Crippen LogP contribution in [0, 0.1) is 5.92 Å². The Balaban J connectivity index is 1.44. The first-order valence-electron chi connectivity index (χ1n) is 11.1. The number of halogens is 1. The Morgan fingerprint density at radius 2 is 1.85 bits per heavy atom. The molecule has 2 aromatic rings. The van der Waals surface area contributed by atoms with E-state index in [1.807, 2.05) is 24.3 Å². The summed E-state index contributed by atoms with van der Waals surface area (Å²) in [5.41, 5.74) is 2.52. The van der Waals surface area contributed by atoms with Crippen LogP contribution < -0.4 is 10.2 Å². The topological polar surface area (TPSA) is 108 Å². The Kier molecular flexibility index (Phi) is 7.17. The Hall–Kier alpha value is -3.07. The number of pyridine rings is 2. The van der Waals surface area contributed by atoms with Crippen molar-refractivity contribution in [3.63, 3.8) is 0 Å². The van der Waals surface area contributed by atoms with Crippen molar-refractivity contribution in [1.82, 2.24) is 14.9 Å². The second kappa shape index (κ2) is 10.2. The molecule has 1 saturated carbocycles. The third-order valence-electron chi connectivity index (χ3n) is 6.34. The highest BCUT2D eigenvalue weighted by molar-refractivity contribution is 6.29. The average Bonchev–Trinajstić information content (AvgIpc) is 2.84. The lowest BCUT2D eigenvalue weighted by Gasteiger charge is -2.33. The van der Waals surface area contributed by atoms with Gasteiger partial charge in [-0.2, -0.15) is 0 Å². The monoisotopic (exact) mass is 473 g/mol. The van der Waals surface area contributed by atoms with Gasteiger partial charge in [-0.05, 0) is 49.9 Å². The van der Waals surface area contributed by atoms with E-state index in [0.717, 1.165) is 48.4 Å². The number of hydrogen-bond acceptors (Lipinski definition) is 7. The lowest BCUT2D eigenvalue weighted by Crippen LogP contribution is -2.48. The maximum atomic E-state index is 11.8. The van der Waals surface area contributed by atoms with E-state index in [1.165, 1.54) is 12.0 Å². The van der Waals surface area contributed by atoms with Crippen molar-refractivity contribution in [2.45, 2.75) is 31.7 Å². The van der Waals surface area contributed by atoms with Crippen LogP contribution in [0.15, 0.2) is 30.5 Å². The van der Waals surface area contributed by atoms with Crippen LogP contribution in [-0.4, -0.2) is 71.4 Å². The molecule has 33 heavy (non-hydrogen) atoms. The van der Waals surface area contributed by atoms with Crippen LogP contribution in [0.2, 0.25) is 5.15 Å². The van der Waals surface area contributed by atoms with Gasteiger partial charge >= 0.3 is 12.1 Å². The summed E-state index contributed by atoms with van der Waals surface area (Å²) in [5, 5.41) is 13.1. The Morgan fingerprint density at radius 3 is 2.52 bits per heavy atom. The van der Waals surface area contributed by atoms with Gasteiger partial charge in [0.2, 0.25) is 0 Å². The first-order valence-corrected chi connectivity index (χ1v) is 11.5. The number of nitrogens with one attached hydrogen (secondary N) is 1. The predicted octanol–water partition coefficient (Wildman–Crippen LogP) is 3.74. The first kappa shape index (κ1) is 23.1. The van der Waals surface area contributed by atoms with E-state index in [2.05, 4.69) is 20.2 Å². The van der Waals surface area contributed by atoms with Crippen LogP contribution in [0.1, 0.15) is 25.7 Å². The third kappa shape index (κ3) is 5.65. The normalized spacial score (nSPS) is 20.9. The van der Waals surface area contributed by atoms with E-state index in [-0.39, 0.29) is 17.9 Å². The smallest absolute Gasteiger partial charge is 0.407 e. The number of ether oxygens (including phenoxy) is 1. The zero-order valence-electron chi connectivity index (χ0n) is 18.5. The number of anilines is 2. The van der Waals surface area contributed by atoms with Gasteiger partial charge in [0.05, 0.1) is 18.7 Å². The number of carbonyl (C=O) groups excluding carboxylic acids is 1. The number of rotatable bonds is 5. The number of aromatic nitrogens is 2. The third-order valence-corrected chi connectivity index (χ3v) is 6.54. The SMILES string of the molecule is COC(=O)C1CCC(Nc2cc(Cl)nc(-c3ccnc(N4CCN(C(=O)O)CC4)c3)c2)CC1. The highest BCUT2D eigenvalue weighted by Crippen LogP contribution is 2.30.